The Morgan fingerprint density at radius 3 is 1.38 bits per heavy atom. The fraction of sp³-hybridized carbons (Fsp3) is 0.935. The molecule has 0 aromatic heterocycles. The zero-order chi connectivity index (χ0) is 44.7. The maximum absolute atomic E-state index is 13.7. The lowest BCUT2D eigenvalue weighted by Crippen LogP contribution is -2.73. The molecular formula is C31H42F16O9. The summed E-state index contributed by atoms with van der Waals surface area (Å²) in [4.78, 5) is 24.1. The number of esters is 2. The van der Waals surface area contributed by atoms with Gasteiger partial charge in [-0.15, -0.1) is 0 Å². The Morgan fingerprint density at radius 1 is 0.696 bits per heavy atom. The van der Waals surface area contributed by atoms with Gasteiger partial charge in [0.15, 0.2) is 6.79 Å². The fourth-order valence-electron chi connectivity index (χ4n) is 5.56. The average molecular weight is 863 g/mol. The van der Waals surface area contributed by atoms with E-state index < -0.39 is 133 Å². The quantitative estimate of drug-likeness (QED) is 0.149. The molecule has 9 nitrogen and oxygen atoms in total. The highest BCUT2D eigenvalue weighted by Crippen LogP contribution is 2.58. The van der Waals surface area contributed by atoms with Gasteiger partial charge in [-0.2, -0.15) is 61.5 Å². The summed E-state index contributed by atoms with van der Waals surface area (Å²) in [6.07, 6.45) is -42.0. The number of alkyl halides is 16. The van der Waals surface area contributed by atoms with Crippen molar-refractivity contribution in [3.05, 3.63) is 0 Å². The lowest BCUT2D eigenvalue weighted by atomic mass is 9.65. The monoisotopic (exact) mass is 862 g/mol. The smallest absolute Gasteiger partial charge is 0.426 e. The van der Waals surface area contributed by atoms with Crippen LogP contribution in [0.5, 0.6) is 0 Å². The summed E-state index contributed by atoms with van der Waals surface area (Å²) in [6, 6.07) is 0. The molecule has 1 heterocycles. The van der Waals surface area contributed by atoms with E-state index in [1.165, 1.54) is 20.8 Å². The van der Waals surface area contributed by atoms with Gasteiger partial charge in [0, 0.05) is 11.8 Å². The summed E-state index contributed by atoms with van der Waals surface area (Å²) in [5, 5.41) is 29.1. The molecular weight excluding hydrogens is 820 g/mol. The first-order valence-electron chi connectivity index (χ1n) is 16.4. The highest BCUT2D eigenvalue weighted by Gasteiger charge is 2.79. The van der Waals surface area contributed by atoms with Crippen molar-refractivity contribution in [3.8, 4) is 0 Å². The second kappa shape index (κ2) is 16.3. The predicted octanol–water partition coefficient (Wildman–Crippen LogP) is 7.78. The molecule has 0 amide bonds. The minimum absolute atomic E-state index is 0.0184. The van der Waals surface area contributed by atoms with Crippen LogP contribution >= 0.6 is 0 Å². The third-order valence-electron chi connectivity index (χ3n) is 10.4. The first kappa shape index (κ1) is 51.6. The topological polar surface area (TPSA) is 132 Å². The van der Waals surface area contributed by atoms with Crippen LogP contribution in [0.3, 0.4) is 0 Å². The SMILES string of the molecule is CCC(C)(C)C(=O)OC1CC(C(O)(C(F)(F)F)C(F)(F)F)CC(C(O)(C(F)(F)F)C(F)(F)F)C1.CCC(C)(C)C(=O)OCC1(C)OCOC(F)(F)C1(O)C(F)F. The van der Waals surface area contributed by atoms with Gasteiger partial charge >= 0.3 is 42.8 Å². The van der Waals surface area contributed by atoms with E-state index in [2.05, 4.69) is 4.74 Å². The molecule has 4 atom stereocenters. The molecule has 3 N–H and O–H groups in total. The molecule has 2 rings (SSSR count). The van der Waals surface area contributed by atoms with Gasteiger partial charge in [-0.25, -0.2) is 8.78 Å². The van der Waals surface area contributed by atoms with Gasteiger partial charge < -0.3 is 29.5 Å². The molecule has 0 aromatic rings. The Labute approximate surface area is 308 Å². The Morgan fingerprint density at radius 2 is 1.05 bits per heavy atom. The van der Waals surface area contributed by atoms with E-state index in [4.69, 9.17) is 14.2 Å². The van der Waals surface area contributed by atoms with Crippen LogP contribution in [-0.2, 0) is 28.5 Å². The summed E-state index contributed by atoms with van der Waals surface area (Å²) < 4.78 is 232. The third kappa shape index (κ3) is 9.56. The van der Waals surface area contributed by atoms with Crippen molar-refractivity contribution in [2.24, 2.45) is 22.7 Å². The lowest BCUT2D eigenvalue weighted by molar-refractivity contribution is -0.460. The Hall–Kier alpha value is -2.38. The molecule has 0 radical (unpaired) electrons. The van der Waals surface area contributed by atoms with Gasteiger partial charge in [0.1, 0.15) is 18.3 Å². The maximum atomic E-state index is 13.7. The van der Waals surface area contributed by atoms with Crippen molar-refractivity contribution in [2.45, 2.75) is 146 Å². The third-order valence-corrected chi connectivity index (χ3v) is 10.4. The molecule has 4 unspecified atom stereocenters. The minimum atomic E-state index is -6.58. The number of ether oxygens (including phenoxy) is 4. The van der Waals surface area contributed by atoms with Crippen LogP contribution in [0.1, 0.15) is 80.6 Å². The molecule has 56 heavy (non-hydrogen) atoms. The normalized spacial score (nSPS) is 27.3. The minimum Gasteiger partial charge on any atom is -0.462 e. The van der Waals surface area contributed by atoms with E-state index in [0.717, 1.165) is 6.92 Å². The van der Waals surface area contributed by atoms with Crippen molar-refractivity contribution in [3.63, 3.8) is 0 Å². The second-order valence-corrected chi connectivity index (χ2v) is 14.9. The number of hydrogen-bond donors (Lipinski definition) is 3. The van der Waals surface area contributed by atoms with Crippen molar-refractivity contribution < 1.29 is 114 Å². The Bertz CT molecular complexity index is 1290. The van der Waals surface area contributed by atoms with Gasteiger partial charge in [-0.05, 0) is 66.7 Å². The van der Waals surface area contributed by atoms with E-state index in [1.54, 1.807) is 20.8 Å². The molecule has 0 bridgehead atoms. The van der Waals surface area contributed by atoms with E-state index in [0.29, 0.717) is 6.42 Å². The van der Waals surface area contributed by atoms with Crippen molar-refractivity contribution in [1.82, 2.24) is 0 Å². The van der Waals surface area contributed by atoms with Crippen LogP contribution in [0.25, 0.3) is 0 Å². The van der Waals surface area contributed by atoms with Crippen LogP contribution in [-0.4, -0.2) is 106 Å². The Balaban J connectivity index is 0.000000614. The first-order valence-corrected chi connectivity index (χ1v) is 16.4. The second-order valence-electron chi connectivity index (χ2n) is 14.9. The molecule has 1 saturated heterocycles. The van der Waals surface area contributed by atoms with Gasteiger partial charge in [-0.3, -0.25) is 14.3 Å². The maximum Gasteiger partial charge on any atom is 0.426 e. The van der Waals surface area contributed by atoms with Crippen LogP contribution in [0.4, 0.5) is 70.2 Å². The molecule has 0 aromatic carbocycles. The fourth-order valence-corrected chi connectivity index (χ4v) is 5.56. The highest BCUT2D eigenvalue weighted by atomic mass is 19.4. The molecule has 1 saturated carbocycles. The van der Waals surface area contributed by atoms with E-state index in [1.807, 2.05) is 0 Å². The van der Waals surface area contributed by atoms with Crippen LogP contribution < -0.4 is 0 Å². The summed E-state index contributed by atoms with van der Waals surface area (Å²) in [5.74, 6) is -8.83. The van der Waals surface area contributed by atoms with E-state index in [-0.39, 0.29) is 6.42 Å². The van der Waals surface area contributed by atoms with Crippen molar-refractivity contribution in [2.75, 3.05) is 13.4 Å². The van der Waals surface area contributed by atoms with Crippen LogP contribution in [0, 0.1) is 22.7 Å². The summed E-state index contributed by atoms with van der Waals surface area (Å²) >= 11 is 0. The number of carbonyl (C=O) groups is 2. The zero-order valence-corrected chi connectivity index (χ0v) is 30.6. The predicted molar refractivity (Wildman–Crippen MR) is 155 cm³/mol. The van der Waals surface area contributed by atoms with Gasteiger partial charge in [0.25, 0.3) is 17.6 Å². The highest BCUT2D eigenvalue weighted by molar-refractivity contribution is 5.76. The summed E-state index contributed by atoms with van der Waals surface area (Å²) in [6.45, 7) is 7.47. The molecule has 2 fully saturated rings. The van der Waals surface area contributed by atoms with E-state index >= 15 is 0 Å². The van der Waals surface area contributed by atoms with Crippen LogP contribution in [0.15, 0.2) is 0 Å². The first-order chi connectivity index (χ1) is 24.6. The molecule has 2 aliphatic rings. The summed E-state index contributed by atoms with van der Waals surface area (Å²) in [7, 11) is 0. The van der Waals surface area contributed by atoms with E-state index in [9.17, 15) is 95.2 Å². The number of carbonyl (C=O) groups excluding carboxylic acids is 2. The van der Waals surface area contributed by atoms with Gasteiger partial charge in [0.2, 0.25) is 5.60 Å². The molecule has 1 aliphatic heterocycles. The zero-order valence-electron chi connectivity index (χ0n) is 30.6. The number of hydrogen-bond acceptors (Lipinski definition) is 9. The molecule has 332 valence electrons. The van der Waals surface area contributed by atoms with Gasteiger partial charge in [-0.1, -0.05) is 13.8 Å². The summed E-state index contributed by atoms with van der Waals surface area (Å²) in [5.41, 5.74) is -20.3. The molecule has 1 aliphatic carbocycles. The Kier molecular flexibility index (Phi) is 15.1. The molecule has 0 spiro atoms. The lowest BCUT2D eigenvalue weighted by Gasteiger charge is -2.49. The average Bonchev–Trinajstić information content (AvgIpc) is 3.02. The standard InChI is InChI=1S/C18H22F12O4.C13H20F4O5/c1-4-12(2,3)11(31)34-10-6-8(13(32,15(19,20)21)16(22,23)24)5-9(7-10)14(33,17(25,26)27)18(28,29)30;1-5-10(2,3)9(18)20-6-11(4)12(19,8(14)15)13(16,17)22-7-21-11/h8-10,32-33H,4-7H2,1-3H3;8,19H,5-7H2,1-4H3. The van der Waals surface area contributed by atoms with Crippen LogP contribution in [0.2, 0.25) is 0 Å². The largest absolute Gasteiger partial charge is 0.462 e. The molecule has 25 heteroatoms. The van der Waals surface area contributed by atoms with Crippen molar-refractivity contribution >= 4 is 11.9 Å². The number of rotatable bonds is 10. The number of halogens is 16. The van der Waals surface area contributed by atoms with Crippen molar-refractivity contribution in [1.29, 1.82) is 0 Å². The van der Waals surface area contributed by atoms with Gasteiger partial charge in [0.05, 0.1) is 10.8 Å². The number of aliphatic hydroxyl groups is 3.